The highest BCUT2D eigenvalue weighted by Gasteiger charge is 2.32. The van der Waals surface area contributed by atoms with Crippen molar-refractivity contribution in [2.45, 2.75) is 69.8 Å². The molecule has 0 bridgehead atoms. The standard InChI is InChI=1S/C17H29N3S/c1-5-9-18-15-7-6-14(12(2)3)11-16(15)21-17-19-10-8-13(4)20-17/h8,10,12,14-16,18H,5-7,9,11H2,1-4H3. The average molecular weight is 308 g/mol. The largest absolute Gasteiger partial charge is 0.313 e. The van der Waals surface area contributed by atoms with Gasteiger partial charge in [-0.15, -0.1) is 0 Å². The van der Waals surface area contributed by atoms with E-state index in [2.05, 4.69) is 36.1 Å². The Hall–Kier alpha value is -0.610. The minimum atomic E-state index is 0.597. The molecule has 0 aliphatic heterocycles. The monoisotopic (exact) mass is 307 g/mol. The number of nitrogens with one attached hydrogen (secondary N) is 1. The van der Waals surface area contributed by atoms with Gasteiger partial charge in [-0.1, -0.05) is 32.5 Å². The molecular weight excluding hydrogens is 278 g/mol. The van der Waals surface area contributed by atoms with Crippen molar-refractivity contribution in [3.63, 3.8) is 0 Å². The highest BCUT2D eigenvalue weighted by atomic mass is 32.2. The third-order valence-electron chi connectivity index (χ3n) is 4.46. The molecule has 2 rings (SSSR count). The van der Waals surface area contributed by atoms with Crippen molar-refractivity contribution >= 4 is 11.8 Å². The van der Waals surface area contributed by atoms with Crippen LogP contribution in [0.15, 0.2) is 17.4 Å². The number of nitrogens with zero attached hydrogens (tertiary/aromatic N) is 2. The van der Waals surface area contributed by atoms with Crippen LogP contribution in [0, 0.1) is 18.8 Å². The number of aromatic nitrogens is 2. The fourth-order valence-electron chi connectivity index (χ4n) is 3.08. The highest BCUT2D eigenvalue weighted by molar-refractivity contribution is 7.99. The summed E-state index contributed by atoms with van der Waals surface area (Å²) in [7, 11) is 0. The summed E-state index contributed by atoms with van der Waals surface area (Å²) < 4.78 is 0. The maximum atomic E-state index is 4.58. The molecule has 3 unspecified atom stereocenters. The van der Waals surface area contributed by atoms with E-state index in [1.54, 1.807) is 0 Å². The van der Waals surface area contributed by atoms with Gasteiger partial charge in [-0.25, -0.2) is 9.97 Å². The molecule has 0 radical (unpaired) electrons. The van der Waals surface area contributed by atoms with Crippen LogP contribution in [-0.4, -0.2) is 27.8 Å². The van der Waals surface area contributed by atoms with E-state index in [0.29, 0.717) is 11.3 Å². The number of aryl methyl sites for hydroxylation is 1. The van der Waals surface area contributed by atoms with Crippen molar-refractivity contribution in [2.24, 2.45) is 11.8 Å². The third kappa shape index (κ3) is 4.96. The van der Waals surface area contributed by atoms with E-state index in [-0.39, 0.29) is 0 Å². The topological polar surface area (TPSA) is 37.8 Å². The lowest BCUT2D eigenvalue weighted by Gasteiger charge is -2.37. The molecule has 1 aliphatic carbocycles. The summed E-state index contributed by atoms with van der Waals surface area (Å²) in [4.78, 5) is 9.02. The summed E-state index contributed by atoms with van der Waals surface area (Å²) in [6, 6.07) is 2.57. The van der Waals surface area contributed by atoms with E-state index in [4.69, 9.17) is 0 Å². The van der Waals surface area contributed by atoms with Crippen LogP contribution in [0.25, 0.3) is 0 Å². The zero-order valence-electron chi connectivity index (χ0n) is 13.8. The van der Waals surface area contributed by atoms with Gasteiger partial charge in [0.05, 0.1) is 0 Å². The summed E-state index contributed by atoms with van der Waals surface area (Å²) in [5.74, 6) is 1.62. The van der Waals surface area contributed by atoms with Gasteiger partial charge < -0.3 is 5.32 Å². The molecule has 0 amide bonds. The summed E-state index contributed by atoms with van der Waals surface area (Å²) in [5, 5.41) is 5.27. The van der Waals surface area contributed by atoms with Crippen LogP contribution in [0.1, 0.15) is 52.1 Å². The Morgan fingerprint density at radius 2 is 2.19 bits per heavy atom. The molecule has 1 aromatic heterocycles. The van der Waals surface area contributed by atoms with E-state index in [1.165, 1.54) is 25.7 Å². The quantitative estimate of drug-likeness (QED) is 0.804. The van der Waals surface area contributed by atoms with Crippen molar-refractivity contribution < 1.29 is 0 Å². The van der Waals surface area contributed by atoms with Gasteiger partial charge in [0.25, 0.3) is 0 Å². The van der Waals surface area contributed by atoms with Crippen molar-refractivity contribution in [1.82, 2.24) is 15.3 Å². The molecule has 0 spiro atoms. The maximum Gasteiger partial charge on any atom is 0.188 e. The second-order valence-corrected chi connectivity index (χ2v) is 7.72. The molecule has 118 valence electrons. The molecule has 4 heteroatoms. The van der Waals surface area contributed by atoms with Crippen LogP contribution in [0.5, 0.6) is 0 Å². The second kappa shape index (κ2) is 8.14. The fourth-order valence-corrected chi connectivity index (χ4v) is 4.41. The lowest BCUT2D eigenvalue weighted by Crippen LogP contribution is -2.43. The van der Waals surface area contributed by atoms with E-state index in [0.717, 1.165) is 29.2 Å². The Balaban J connectivity index is 2.05. The third-order valence-corrected chi connectivity index (χ3v) is 5.69. The van der Waals surface area contributed by atoms with E-state index in [1.807, 2.05) is 30.9 Å². The lowest BCUT2D eigenvalue weighted by atomic mass is 9.79. The molecule has 1 aliphatic rings. The Morgan fingerprint density at radius 3 is 2.86 bits per heavy atom. The van der Waals surface area contributed by atoms with Crippen LogP contribution >= 0.6 is 11.8 Å². The smallest absolute Gasteiger partial charge is 0.188 e. The van der Waals surface area contributed by atoms with Gasteiger partial charge in [0.1, 0.15) is 0 Å². The zero-order chi connectivity index (χ0) is 15.2. The minimum absolute atomic E-state index is 0.597. The Kier molecular flexibility index (Phi) is 6.49. The van der Waals surface area contributed by atoms with Crippen LogP contribution < -0.4 is 5.32 Å². The first kappa shape index (κ1) is 16.8. The molecule has 3 nitrogen and oxygen atoms in total. The predicted molar refractivity (Wildman–Crippen MR) is 90.7 cm³/mol. The molecule has 21 heavy (non-hydrogen) atoms. The first-order chi connectivity index (χ1) is 10.1. The molecule has 1 fully saturated rings. The van der Waals surface area contributed by atoms with Gasteiger partial charge in [-0.05, 0) is 57.1 Å². The summed E-state index contributed by atoms with van der Waals surface area (Å²) in [5.41, 5.74) is 1.06. The minimum Gasteiger partial charge on any atom is -0.313 e. The molecule has 1 heterocycles. The molecule has 0 aromatic carbocycles. The molecule has 1 N–H and O–H groups in total. The number of hydrogen-bond acceptors (Lipinski definition) is 4. The van der Waals surface area contributed by atoms with Crippen LogP contribution in [-0.2, 0) is 0 Å². The Labute approximate surface area is 133 Å². The highest BCUT2D eigenvalue weighted by Crippen LogP contribution is 2.38. The van der Waals surface area contributed by atoms with Gasteiger partial charge in [-0.2, -0.15) is 0 Å². The van der Waals surface area contributed by atoms with Gasteiger partial charge >= 0.3 is 0 Å². The van der Waals surface area contributed by atoms with Crippen molar-refractivity contribution in [3.05, 3.63) is 18.0 Å². The van der Waals surface area contributed by atoms with Crippen molar-refractivity contribution in [1.29, 1.82) is 0 Å². The number of rotatable bonds is 6. The van der Waals surface area contributed by atoms with Crippen LogP contribution in [0.3, 0.4) is 0 Å². The first-order valence-electron chi connectivity index (χ1n) is 8.29. The summed E-state index contributed by atoms with van der Waals surface area (Å²) in [6.07, 6.45) is 6.99. The van der Waals surface area contributed by atoms with Crippen LogP contribution in [0.4, 0.5) is 0 Å². The van der Waals surface area contributed by atoms with E-state index >= 15 is 0 Å². The summed E-state index contributed by atoms with van der Waals surface area (Å²) in [6.45, 7) is 10.1. The lowest BCUT2D eigenvalue weighted by molar-refractivity contribution is 0.246. The number of thioether (sulfide) groups is 1. The Morgan fingerprint density at radius 1 is 1.38 bits per heavy atom. The predicted octanol–water partition coefficient (Wildman–Crippen LogP) is 4.07. The van der Waals surface area contributed by atoms with Crippen molar-refractivity contribution in [2.75, 3.05) is 6.54 Å². The maximum absolute atomic E-state index is 4.58. The molecule has 1 saturated carbocycles. The first-order valence-corrected chi connectivity index (χ1v) is 9.17. The van der Waals surface area contributed by atoms with Gasteiger partial charge in [-0.3, -0.25) is 0 Å². The molecule has 0 saturated heterocycles. The van der Waals surface area contributed by atoms with E-state index < -0.39 is 0 Å². The van der Waals surface area contributed by atoms with Crippen molar-refractivity contribution in [3.8, 4) is 0 Å². The Bertz CT molecular complexity index is 436. The SMILES string of the molecule is CCCNC1CCC(C(C)C)CC1Sc1nccc(C)n1. The van der Waals surface area contributed by atoms with E-state index in [9.17, 15) is 0 Å². The average Bonchev–Trinajstić information content (AvgIpc) is 2.46. The summed E-state index contributed by atoms with van der Waals surface area (Å²) >= 11 is 1.87. The molecule has 1 aromatic rings. The van der Waals surface area contributed by atoms with Gasteiger partial charge in [0, 0.05) is 23.2 Å². The number of hydrogen-bond donors (Lipinski definition) is 1. The molecular formula is C17H29N3S. The van der Waals surface area contributed by atoms with Gasteiger partial charge in [0.15, 0.2) is 5.16 Å². The van der Waals surface area contributed by atoms with Gasteiger partial charge in [0.2, 0.25) is 0 Å². The van der Waals surface area contributed by atoms with Crippen LogP contribution in [0.2, 0.25) is 0 Å². The second-order valence-electron chi connectivity index (χ2n) is 6.51. The molecule has 3 atom stereocenters. The zero-order valence-corrected chi connectivity index (χ0v) is 14.6. The normalized spacial score (nSPS) is 26.2. The fraction of sp³-hybridized carbons (Fsp3) is 0.765.